The third-order valence-electron chi connectivity index (χ3n) is 6.01. The van der Waals surface area contributed by atoms with Gasteiger partial charge in [0.15, 0.2) is 0 Å². The zero-order valence-electron chi connectivity index (χ0n) is 21.5. The van der Waals surface area contributed by atoms with Crippen LogP contribution >= 0.6 is 0 Å². The van der Waals surface area contributed by atoms with Gasteiger partial charge in [-0.2, -0.15) is 0 Å². The SMILES string of the molecule is CCC/C=C\C/C=C\C/C=C\CCCCCCC(=O)NC(CCCN)(CCCN)CCCN. The summed E-state index contributed by atoms with van der Waals surface area (Å²) in [5, 5.41) is 3.36. The molecule has 0 unspecified atom stereocenters. The van der Waals surface area contributed by atoms with E-state index in [0.29, 0.717) is 26.1 Å². The van der Waals surface area contributed by atoms with Crippen LogP contribution in [-0.4, -0.2) is 31.1 Å². The number of nitrogens with one attached hydrogen (secondary N) is 1. The summed E-state index contributed by atoms with van der Waals surface area (Å²) in [6.45, 7) is 4.13. The molecule has 5 nitrogen and oxygen atoms in total. The molecule has 0 aromatic heterocycles. The van der Waals surface area contributed by atoms with Crippen LogP contribution in [-0.2, 0) is 4.79 Å². The van der Waals surface area contributed by atoms with E-state index in [4.69, 9.17) is 17.2 Å². The zero-order chi connectivity index (χ0) is 24.5. The van der Waals surface area contributed by atoms with Gasteiger partial charge in [0.25, 0.3) is 0 Å². The zero-order valence-corrected chi connectivity index (χ0v) is 21.5. The highest BCUT2D eigenvalue weighted by Gasteiger charge is 2.29. The quantitative estimate of drug-likeness (QED) is 0.116. The van der Waals surface area contributed by atoms with Gasteiger partial charge in [0.2, 0.25) is 5.91 Å². The van der Waals surface area contributed by atoms with E-state index >= 15 is 0 Å². The minimum atomic E-state index is -0.194. The van der Waals surface area contributed by atoms with Gasteiger partial charge in [-0.25, -0.2) is 0 Å². The number of carbonyl (C=O) groups excluding carboxylic acids is 1. The molecule has 0 saturated heterocycles. The average molecular weight is 463 g/mol. The Hall–Kier alpha value is -1.43. The Morgan fingerprint density at radius 2 is 1.15 bits per heavy atom. The largest absolute Gasteiger partial charge is 0.351 e. The predicted molar refractivity (Wildman–Crippen MR) is 145 cm³/mol. The number of amides is 1. The summed E-state index contributed by atoms with van der Waals surface area (Å²) >= 11 is 0. The lowest BCUT2D eigenvalue weighted by molar-refractivity contribution is -0.123. The van der Waals surface area contributed by atoms with Crippen molar-refractivity contribution in [2.45, 2.75) is 115 Å². The van der Waals surface area contributed by atoms with Crippen LogP contribution in [0.4, 0.5) is 0 Å². The number of hydrogen-bond donors (Lipinski definition) is 4. The summed E-state index contributed by atoms with van der Waals surface area (Å²) in [7, 11) is 0. The van der Waals surface area contributed by atoms with Crippen LogP contribution in [0.3, 0.4) is 0 Å². The first kappa shape index (κ1) is 31.6. The highest BCUT2D eigenvalue weighted by Crippen LogP contribution is 2.25. The molecule has 5 heteroatoms. The third-order valence-corrected chi connectivity index (χ3v) is 6.01. The van der Waals surface area contributed by atoms with Gasteiger partial charge in [-0.3, -0.25) is 4.79 Å². The van der Waals surface area contributed by atoms with E-state index < -0.39 is 0 Å². The lowest BCUT2D eigenvalue weighted by Crippen LogP contribution is -2.49. The van der Waals surface area contributed by atoms with E-state index in [1.807, 2.05) is 0 Å². The number of carbonyl (C=O) groups is 1. The van der Waals surface area contributed by atoms with Gasteiger partial charge in [-0.05, 0) is 96.7 Å². The van der Waals surface area contributed by atoms with Crippen molar-refractivity contribution in [1.82, 2.24) is 5.32 Å². The summed E-state index contributed by atoms with van der Waals surface area (Å²) in [4.78, 5) is 12.7. The molecule has 0 atom stereocenters. The topological polar surface area (TPSA) is 107 Å². The van der Waals surface area contributed by atoms with Crippen LogP contribution in [0.25, 0.3) is 0 Å². The van der Waals surface area contributed by atoms with Crippen LogP contribution in [0.15, 0.2) is 36.5 Å². The molecule has 0 bridgehead atoms. The van der Waals surface area contributed by atoms with E-state index in [0.717, 1.165) is 70.6 Å². The van der Waals surface area contributed by atoms with E-state index in [9.17, 15) is 4.79 Å². The van der Waals surface area contributed by atoms with Crippen molar-refractivity contribution >= 4 is 5.91 Å². The van der Waals surface area contributed by atoms with Crippen molar-refractivity contribution in [3.8, 4) is 0 Å². The summed E-state index contributed by atoms with van der Waals surface area (Å²) in [6.07, 6.45) is 29.6. The summed E-state index contributed by atoms with van der Waals surface area (Å²) < 4.78 is 0. The van der Waals surface area contributed by atoms with Crippen molar-refractivity contribution in [3.05, 3.63) is 36.5 Å². The van der Waals surface area contributed by atoms with Crippen molar-refractivity contribution in [3.63, 3.8) is 0 Å². The molecule has 0 aromatic carbocycles. The van der Waals surface area contributed by atoms with Gasteiger partial charge in [-0.15, -0.1) is 0 Å². The Balaban J connectivity index is 4.06. The molecule has 0 aromatic rings. The van der Waals surface area contributed by atoms with Gasteiger partial charge >= 0.3 is 0 Å². The molecule has 0 heterocycles. The molecular weight excluding hydrogens is 408 g/mol. The van der Waals surface area contributed by atoms with Crippen LogP contribution in [0, 0.1) is 0 Å². The highest BCUT2D eigenvalue weighted by atomic mass is 16.1. The van der Waals surface area contributed by atoms with Gasteiger partial charge < -0.3 is 22.5 Å². The number of rotatable bonds is 23. The first-order valence-corrected chi connectivity index (χ1v) is 13.5. The van der Waals surface area contributed by atoms with Gasteiger partial charge in [0.05, 0.1) is 0 Å². The molecule has 0 radical (unpaired) electrons. The first-order valence-electron chi connectivity index (χ1n) is 13.5. The highest BCUT2D eigenvalue weighted by molar-refractivity contribution is 5.76. The Labute approximate surface area is 204 Å². The van der Waals surface area contributed by atoms with Crippen LogP contribution in [0.2, 0.25) is 0 Å². The lowest BCUT2D eigenvalue weighted by atomic mass is 9.83. The van der Waals surface area contributed by atoms with Crippen molar-refractivity contribution in [2.75, 3.05) is 19.6 Å². The maximum Gasteiger partial charge on any atom is 0.220 e. The van der Waals surface area contributed by atoms with Crippen LogP contribution in [0.5, 0.6) is 0 Å². The van der Waals surface area contributed by atoms with Crippen molar-refractivity contribution < 1.29 is 4.79 Å². The molecule has 0 aliphatic rings. The molecule has 0 spiro atoms. The minimum Gasteiger partial charge on any atom is -0.351 e. The standard InChI is InChI=1S/C28H54N4O/c1-2-3-4-5-6-7-8-9-10-11-12-13-14-15-16-20-27(33)32-28(21-17-24-29,22-18-25-30)23-19-26-31/h4-5,7-8,10-11H,2-3,6,9,12-26,29-31H2,1H3,(H,32,33)/b5-4-,8-7-,11-10-. The molecular formula is C28H54N4O. The molecule has 0 fully saturated rings. The lowest BCUT2D eigenvalue weighted by Gasteiger charge is -2.35. The third kappa shape index (κ3) is 19.7. The molecule has 0 aliphatic heterocycles. The van der Waals surface area contributed by atoms with Crippen molar-refractivity contribution in [1.29, 1.82) is 0 Å². The predicted octanol–water partition coefficient (Wildman–Crippen LogP) is 5.65. The maximum absolute atomic E-state index is 12.7. The summed E-state index contributed by atoms with van der Waals surface area (Å²) in [5.41, 5.74) is 17.1. The second-order valence-corrected chi connectivity index (χ2v) is 9.13. The molecule has 0 aliphatic carbocycles. The molecule has 0 rings (SSSR count). The van der Waals surface area contributed by atoms with E-state index in [1.165, 1.54) is 25.7 Å². The number of hydrogen-bond acceptors (Lipinski definition) is 4. The number of unbranched alkanes of at least 4 members (excludes halogenated alkanes) is 5. The molecule has 0 saturated carbocycles. The van der Waals surface area contributed by atoms with Crippen LogP contribution in [0.1, 0.15) is 110 Å². The Kier molecular flexibility index (Phi) is 22.7. The number of nitrogens with two attached hydrogens (primary N) is 3. The van der Waals surface area contributed by atoms with Crippen LogP contribution < -0.4 is 22.5 Å². The van der Waals surface area contributed by atoms with Gasteiger partial charge in [-0.1, -0.05) is 62.6 Å². The fourth-order valence-electron chi connectivity index (χ4n) is 4.09. The van der Waals surface area contributed by atoms with E-state index in [2.05, 4.69) is 48.7 Å². The number of allylic oxidation sites excluding steroid dienone is 6. The van der Waals surface area contributed by atoms with Crippen molar-refractivity contribution in [2.24, 2.45) is 17.2 Å². The smallest absolute Gasteiger partial charge is 0.220 e. The second-order valence-electron chi connectivity index (χ2n) is 9.13. The van der Waals surface area contributed by atoms with Gasteiger partial charge in [0.1, 0.15) is 0 Å². The minimum absolute atomic E-state index is 0.164. The maximum atomic E-state index is 12.7. The fourth-order valence-corrected chi connectivity index (χ4v) is 4.09. The Bertz CT molecular complexity index is 506. The first-order chi connectivity index (χ1) is 16.1. The Morgan fingerprint density at radius 3 is 1.67 bits per heavy atom. The van der Waals surface area contributed by atoms with Gasteiger partial charge in [0, 0.05) is 12.0 Å². The molecule has 33 heavy (non-hydrogen) atoms. The fraction of sp³-hybridized carbons (Fsp3) is 0.750. The Morgan fingerprint density at radius 1 is 0.667 bits per heavy atom. The molecule has 1 amide bonds. The second kappa shape index (κ2) is 23.7. The monoisotopic (exact) mass is 462 g/mol. The summed E-state index contributed by atoms with van der Waals surface area (Å²) in [5.74, 6) is 0.164. The molecule has 7 N–H and O–H groups in total. The molecule has 192 valence electrons. The van der Waals surface area contributed by atoms with E-state index in [-0.39, 0.29) is 11.4 Å². The summed E-state index contributed by atoms with van der Waals surface area (Å²) in [6, 6.07) is 0. The normalized spacial score (nSPS) is 12.5. The average Bonchev–Trinajstić information content (AvgIpc) is 2.82. The van der Waals surface area contributed by atoms with E-state index in [1.54, 1.807) is 0 Å².